The minimum Gasteiger partial charge on any atom is -0.454 e. The molecule has 1 amide bonds. The quantitative estimate of drug-likeness (QED) is 0.770. The zero-order valence-corrected chi connectivity index (χ0v) is 16.9. The molecule has 1 saturated heterocycles. The van der Waals surface area contributed by atoms with Crippen LogP contribution >= 0.6 is 24.0 Å². The van der Waals surface area contributed by atoms with Crippen molar-refractivity contribution in [2.45, 2.75) is 12.5 Å². The zero-order chi connectivity index (χ0) is 18.6. The summed E-state index contributed by atoms with van der Waals surface area (Å²) in [5, 5.41) is 7.11. The van der Waals surface area contributed by atoms with E-state index in [-0.39, 0.29) is 31.1 Å². The monoisotopic (exact) mass is 423 g/mol. The number of nitrogens with one attached hydrogen (secondary N) is 2. The molecule has 2 N–H and O–H groups in total. The van der Waals surface area contributed by atoms with Crippen LogP contribution < -0.4 is 20.1 Å². The number of carbonyl (C=O) groups is 1. The van der Waals surface area contributed by atoms with Crippen LogP contribution in [-0.2, 0) is 4.79 Å². The number of hydrogen-bond acceptors (Lipinski definition) is 5. The van der Waals surface area contributed by atoms with E-state index in [1.165, 1.54) is 0 Å². The van der Waals surface area contributed by atoms with Gasteiger partial charge in [0.1, 0.15) is 0 Å². The smallest absolute Gasteiger partial charge is 0.231 e. The number of rotatable bonds is 5. The molecule has 2 aliphatic heterocycles. The first kappa shape index (κ1) is 20.7. The summed E-state index contributed by atoms with van der Waals surface area (Å²) in [4.78, 5) is 14.7. The highest BCUT2D eigenvalue weighted by molar-refractivity contribution is 6.31. The molecule has 2 heterocycles. The van der Waals surface area contributed by atoms with Crippen LogP contribution in [0.1, 0.15) is 18.0 Å². The molecular weight excluding hydrogens is 401 g/mol. The highest BCUT2D eigenvalue weighted by Gasteiger charge is 2.25. The molecule has 0 spiro atoms. The van der Waals surface area contributed by atoms with Gasteiger partial charge < -0.3 is 20.1 Å². The molecule has 28 heavy (non-hydrogen) atoms. The van der Waals surface area contributed by atoms with E-state index in [2.05, 4.69) is 21.6 Å². The third-order valence-electron chi connectivity index (χ3n) is 4.90. The molecule has 2 aliphatic rings. The summed E-state index contributed by atoms with van der Waals surface area (Å²) in [6.45, 7) is 3.51. The second-order valence-corrected chi connectivity index (χ2v) is 7.05. The van der Waals surface area contributed by atoms with Gasteiger partial charge in [0.2, 0.25) is 12.7 Å². The largest absolute Gasteiger partial charge is 0.454 e. The normalized spacial score (nSPS) is 18.4. The fourth-order valence-electron chi connectivity index (χ4n) is 3.51. The topological polar surface area (TPSA) is 62.8 Å². The third kappa shape index (κ3) is 4.70. The Morgan fingerprint density at radius 1 is 1.21 bits per heavy atom. The molecule has 0 aromatic heterocycles. The van der Waals surface area contributed by atoms with Crippen LogP contribution in [0, 0.1) is 0 Å². The fourth-order valence-corrected chi connectivity index (χ4v) is 3.77. The Morgan fingerprint density at radius 3 is 2.89 bits per heavy atom. The SMILES string of the molecule is Cl.O=C(CCN1CCNCC1c1ccccc1Cl)Nc1ccc2c(c1)OCO2. The van der Waals surface area contributed by atoms with Gasteiger partial charge in [-0.2, -0.15) is 0 Å². The van der Waals surface area contributed by atoms with Gasteiger partial charge in [-0.3, -0.25) is 9.69 Å². The second kappa shape index (κ2) is 9.47. The number of amides is 1. The molecule has 0 aliphatic carbocycles. The van der Waals surface area contributed by atoms with Gasteiger partial charge in [0.15, 0.2) is 11.5 Å². The number of benzene rings is 2. The molecule has 1 atom stereocenters. The maximum atomic E-state index is 12.4. The van der Waals surface area contributed by atoms with Crippen molar-refractivity contribution in [3.05, 3.63) is 53.1 Å². The Bertz CT molecular complexity index is 834. The fraction of sp³-hybridized carbons (Fsp3) is 0.350. The predicted octanol–water partition coefficient (Wildman–Crippen LogP) is 3.47. The summed E-state index contributed by atoms with van der Waals surface area (Å²) in [5.41, 5.74) is 1.81. The third-order valence-corrected chi connectivity index (χ3v) is 5.25. The van der Waals surface area contributed by atoms with Crippen molar-refractivity contribution >= 4 is 35.6 Å². The Labute approximate surface area is 175 Å². The van der Waals surface area contributed by atoms with Crippen LogP contribution in [0.5, 0.6) is 11.5 Å². The van der Waals surface area contributed by atoms with E-state index in [0.717, 1.165) is 30.2 Å². The van der Waals surface area contributed by atoms with Gasteiger partial charge in [-0.15, -0.1) is 12.4 Å². The number of halogens is 2. The number of fused-ring (bicyclic) bond motifs is 1. The van der Waals surface area contributed by atoms with E-state index in [1.807, 2.05) is 30.3 Å². The molecule has 150 valence electrons. The molecule has 6 nitrogen and oxygen atoms in total. The van der Waals surface area contributed by atoms with Gasteiger partial charge in [-0.05, 0) is 23.8 Å². The average molecular weight is 424 g/mol. The van der Waals surface area contributed by atoms with Crippen LogP contribution in [-0.4, -0.2) is 43.8 Å². The lowest BCUT2D eigenvalue weighted by molar-refractivity contribution is -0.116. The van der Waals surface area contributed by atoms with Crippen molar-refractivity contribution in [3.8, 4) is 11.5 Å². The Kier molecular flexibility index (Phi) is 7.02. The molecule has 1 unspecified atom stereocenters. The minimum absolute atomic E-state index is 0. The van der Waals surface area contributed by atoms with Crippen molar-refractivity contribution < 1.29 is 14.3 Å². The van der Waals surface area contributed by atoms with E-state index in [1.54, 1.807) is 6.07 Å². The van der Waals surface area contributed by atoms with Crippen LogP contribution in [0.2, 0.25) is 5.02 Å². The van der Waals surface area contributed by atoms with Gasteiger partial charge in [-0.25, -0.2) is 0 Å². The summed E-state index contributed by atoms with van der Waals surface area (Å²) < 4.78 is 10.6. The number of piperazine rings is 1. The highest BCUT2D eigenvalue weighted by Crippen LogP contribution is 2.34. The second-order valence-electron chi connectivity index (χ2n) is 6.64. The van der Waals surface area contributed by atoms with E-state index in [0.29, 0.717) is 30.2 Å². The molecule has 0 bridgehead atoms. The maximum Gasteiger partial charge on any atom is 0.231 e. The summed E-state index contributed by atoms with van der Waals surface area (Å²) >= 11 is 6.38. The Morgan fingerprint density at radius 2 is 2.04 bits per heavy atom. The van der Waals surface area contributed by atoms with Crippen LogP contribution in [0.25, 0.3) is 0 Å². The highest BCUT2D eigenvalue weighted by atomic mass is 35.5. The summed E-state index contributed by atoms with van der Waals surface area (Å²) in [6, 6.07) is 13.5. The van der Waals surface area contributed by atoms with Crippen molar-refractivity contribution in [3.63, 3.8) is 0 Å². The number of hydrogen-bond donors (Lipinski definition) is 2. The first-order valence-electron chi connectivity index (χ1n) is 9.09. The lowest BCUT2D eigenvalue weighted by Crippen LogP contribution is -2.46. The van der Waals surface area contributed by atoms with Gasteiger partial charge in [-0.1, -0.05) is 29.8 Å². The zero-order valence-electron chi connectivity index (χ0n) is 15.3. The van der Waals surface area contributed by atoms with Crippen molar-refractivity contribution in [1.82, 2.24) is 10.2 Å². The summed E-state index contributed by atoms with van der Waals surface area (Å²) in [6.07, 6.45) is 0.412. The van der Waals surface area contributed by atoms with Crippen molar-refractivity contribution in [1.29, 1.82) is 0 Å². The van der Waals surface area contributed by atoms with Crippen LogP contribution in [0.4, 0.5) is 5.69 Å². The minimum atomic E-state index is -0.0229. The van der Waals surface area contributed by atoms with Crippen LogP contribution in [0.3, 0.4) is 0 Å². The number of nitrogens with zero attached hydrogens (tertiary/aromatic N) is 1. The molecule has 0 saturated carbocycles. The van der Waals surface area contributed by atoms with Crippen LogP contribution in [0.15, 0.2) is 42.5 Å². The van der Waals surface area contributed by atoms with Gasteiger partial charge in [0.25, 0.3) is 0 Å². The number of ether oxygens (including phenoxy) is 2. The van der Waals surface area contributed by atoms with E-state index >= 15 is 0 Å². The van der Waals surface area contributed by atoms with Gasteiger partial charge in [0, 0.05) is 55.4 Å². The standard InChI is InChI=1S/C20H22ClN3O3.ClH/c21-16-4-2-1-3-15(16)17-12-22-8-10-24(17)9-7-20(25)23-14-5-6-18-19(11-14)27-13-26-18;/h1-6,11,17,22H,7-10,12-13H2,(H,23,25);1H. The van der Waals surface area contributed by atoms with E-state index in [9.17, 15) is 4.79 Å². The first-order chi connectivity index (χ1) is 13.2. The molecule has 4 rings (SSSR count). The van der Waals surface area contributed by atoms with E-state index < -0.39 is 0 Å². The first-order valence-corrected chi connectivity index (χ1v) is 9.47. The average Bonchev–Trinajstić information content (AvgIpc) is 3.15. The number of anilines is 1. The Balaban J connectivity index is 0.00000225. The lowest BCUT2D eigenvalue weighted by Gasteiger charge is -2.36. The van der Waals surface area contributed by atoms with Crippen molar-refractivity contribution in [2.24, 2.45) is 0 Å². The molecule has 2 aromatic rings. The van der Waals surface area contributed by atoms with Crippen molar-refractivity contribution in [2.75, 3.05) is 38.3 Å². The van der Waals surface area contributed by atoms with E-state index in [4.69, 9.17) is 21.1 Å². The molecule has 2 aromatic carbocycles. The molecular formula is C20H23Cl2N3O3. The maximum absolute atomic E-state index is 12.4. The predicted molar refractivity (Wildman–Crippen MR) is 112 cm³/mol. The lowest BCUT2D eigenvalue weighted by atomic mass is 10.0. The molecule has 8 heteroatoms. The molecule has 1 fully saturated rings. The summed E-state index contributed by atoms with van der Waals surface area (Å²) in [5.74, 6) is 1.34. The Hall–Kier alpha value is -1.99. The van der Waals surface area contributed by atoms with Gasteiger partial charge in [0.05, 0.1) is 0 Å². The van der Waals surface area contributed by atoms with Gasteiger partial charge >= 0.3 is 0 Å². The molecule has 0 radical (unpaired) electrons. The summed E-state index contributed by atoms with van der Waals surface area (Å²) in [7, 11) is 0. The number of carbonyl (C=O) groups excluding carboxylic acids is 1.